The molecule has 1 N–H and O–H groups in total. The third kappa shape index (κ3) is 2.52. The van der Waals surface area contributed by atoms with Crippen molar-refractivity contribution >= 4 is 16.7 Å². The Balaban J connectivity index is 2.58. The van der Waals surface area contributed by atoms with Crippen molar-refractivity contribution in [3.8, 4) is 0 Å². The molecule has 0 fully saturated rings. The van der Waals surface area contributed by atoms with E-state index in [0.29, 0.717) is 17.6 Å². The minimum Gasteiger partial charge on any atom is -0.351 e. The molecule has 1 aromatic carbocycles. The summed E-state index contributed by atoms with van der Waals surface area (Å²) in [7, 11) is 1.63. The summed E-state index contributed by atoms with van der Waals surface area (Å²) in [6.07, 6.45) is 0.868. The molecule has 0 saturated heterocycles. The largest absolute Gasteiger partial charge is 0.351 e. The van der Waals surface area contributed by atoms with E-state index in [0.717, 1.165) is 17.4 Å². The molecule has 0 saturated carbocycles. The Morgan fingerprint density at radius 3 is 2.74 bits per heavy atom. The van der Waals surface area contributed by atoms with Gasteiger partial charge in [0.15, 0.2) is 0 Å². The van der Waals surface area contributed by atoms with Crippen LogP contribution in [-0.4, -0.2) is 17.0 Å². The smallest absolute Gasteiger partial charge is 0.268 e. The fourth-order valence-corrected chi connectivity index (χ4v) is 2.06. The van der Waals surface area contributed by atoms with Gasteiger partial charge < -0.3 is 9.88 Å². The first kappa shape index (κ1) is 13.3. The lowest BCUT2D eigenvalue weighted by atomic mass is 10.1. The number of carbonyl (C=O) groups is 1. The lowest BCUT2D eigenvalue weighted by Crippen LogP contribution is -2.31. The van der Waals surface area contributed by atoms with Crippen LogP contribution in [0, 0.1) is 6.92 Å². The van der Waals surface area contributed by atoms with Gasteiger partial charge in [-0.15, -0.1) is 0 Å². The fraction of sp³-hybridized carbons (Fsp3) is 0.333. The molecule has 0 radical (unpaired) electrons. The van der Waals surface area contributed by atoms with Gasteiger partial charge in [0.1, 0.15) is 5.69 Å². The van der Waals surface area contributed by atoms with Crippen LogP contribution in [0.25, 0.3) is 10.8 Å². The molecule has 1 heterocycles. The Morgan fingerprint density at radius 2 is 2.05 bits per heavy atom. The summed E-state index contributed by atoms with van der Waals surface area (Å²) < 4.78 is 1.41. The fourth-order valence-electron chi connectivity index (χ4n) is 2.06. The van der Waals surface area contributed by atoms with Gasteiger partial charge in [-0.25, -0.2) is 0 Å². The number of nitrogens with zero attached hydrogens (tertiary/aromatic N) is 1. The number of fused-ring (bicyclic) bond motifs is 1. The van der Waals surface area contributed by atoms with Gasteiger partial charge in [0.05, 0.1) is 0 Å². The number of aromatic nitrogens is 1. The number of hydrogen-bond donors (Lipinski definition) is 1. The predicted octanol–water partition coefficient (Wildman–Crippen LogP) is 1.99. The number of amides is 1. The van der Waals surface area contributed by atoms with Crippen molar-refractivity contribution in [2.45, 2.75) is 20.3 Å². The first-order valence-corrected chi connectivity index (χ1v) is 6.43. The lowest BCUT2D eigenvalue weighted by Gasteiger charge is -2.10. The standard InChI is InChI=1S/C15H18N2O2/c1-4-7-16-14(18)13-9-11-6-5-10(2)8-12(11)15(19)17(13)3/h5-6,8-9H,4,7H2,1-3H3,(H,16,18). The van der Waals surface area contributed by atoms with E-state index in [4.69, 9.17) is 0 Å². The van der Waals surface area contributed by atoms with E-state index >= 15 is 0 Å². The van der Waals surface area contributed by atoms with Crippen LogP contribution in [0.2, 0.25) is 0 Å². The van der Waals surface area contributed by atoms with Gasteiger partial charge in [0.25, 0.3) is 11.5 Å². The number of carbonyl (C=O) groups excluding carboxylic acids is 1. The summed E-state index contributed by atoms with van der Waals surface area (Å²) in [4.78, 5) is 24.3. The maximum Gasteiger partial charge on any atom is 0.268 e. The van der Waals surface area contributed by atoms with E-state index in [-0.39, 0.29) is 11.5 Å². The van der Waals surface area contributed by atoms with E-state index in [1.165, 1.54) is 4.57 Å². The number of aryl methyl sites for hydroxylation is 1. The van der Waals surface area contributed by atoms with E-state index in [9.17, 15) is 9.59 Å². The van der Waals surface area contributed by atoms with Crippen LogP contribution in [-0.2, 0) is 7.05 Å². The predicted molar refractivity (Wildman–Crippen MR) is 76.6 cm³/mol. The molecule has 4 heteroatoms. The van der Waals surface area contributed by atoms with Crippen molar-refractivity contribution in [2.75, 3.05) is 6.54 Å². The highest BCUT2D eigenvalue weighted by molar-refractivity contribution is 5.96. The summed E-state index contributed by atoms with van der Waals surface area (Å²) >= 11 is 0. The minimum absolute atomic E-state index is 0.136. The van der Waals surface area contributed by atoms with Crippen LogP contribution in [0.3, 0.4) is 0 Å². The van der Waals surface area contributed by atoms with Crippen molar-refractivity contribution in [3.05, 3.63) is 45.9 Å². The first-order chi connectivity index (χ1) is 9.04. The molecular weight excluding hydrogens is 240 g/mol. The molecule has 0 spiro atoms. The summed E-state index contributed by atoms with van der Waals surface area (Å²) in [5.74, 6) is -0.205. The van der Waals surface area contributed by atoms with Crippen LogP contribution in [0.15, 0.2) is 29.1 Å². The van der Waals surface area contributed by atoms with E-state index in [1.54, 1.807) is 13.1 Å². The molecule has 0 bridgehead atoms. The highest BCUT2D eigenvalue weighted by Crippen LogP contribution is 2.13. The van der Waals surface area contributed by atoms with E-state index < -0.39 is 0 Å². The minimum atomic E-state index is -0.205. The van der Waals surface area contributed by atoms with Crippen molar-refractivity contribution < 1.29 is 4.79 Å². The second kappa shape index (κ2) is 5.26. The van der Waals surface area contributed by atoms with Crippen molar-refractivity contribution in [1.82, 2.24) is 9.88 Å². The van der Waals surface area contributed by atoms with E-state index in [1.807, 2.05) is 32.0 Å². The molecule has 19 heavy (non-hydrogen) atoms. The molecule has 2 rings (SSSR count). The number of hydrogen-bond acceptors (Lipinski definition) is 2. The molecule has 1 amide bonds. The Labute approximate surface area is 112 Å². The molecule has 0 unspecified atom stereocenters. The molecular formula is C15H18N2O2. The summed E-state index contributed by atoms with van der Waals surface area (Å²) in [5, 5.41) is 4.24. The molecule has 0 aliphatic heterocycles. The summed E-state index contributed by atoms with van der Waals surface area (Å²) in [6, 6.07) is 7.44. The average molecular weight is 258 g/mol. The third-order valence-electron chi connectivity index (χ3n) is 3.17. The summed E-state index contributed by atoms with van der Waals surface area (Å²) in [6.45, 7) is 4.54. The third-order valence-corrected chi connectivity index (χ3v) is 3.17. The number of pyridine rings is 1. The van der Waals surface area contributed by atoms with Crippen molar-refractivity contribution in [3.63, 3.8) is 0 Å². The molecule has 4 nitrogen and oxygen atoms in total. The van der Waals surface area contributed by atoms with Crippen LogP contribution in [0.4, 0.5) is 0 Å². The SMILES string of the molecule is CCCNC(=O)c1cc2ccc(C)cc2c(=O)n1C. The molecule has 0 atom stereocenters. The Bertz CT molecular complexity index is 686. The molecule has 100 valence electrons. The first-order valence-electron chi connectivity index (χ1n) is 6.43. The zero-order valence-corrected chi connectivity index (χ0v) is 11.5. The zero-order valence-electron chi connectivity index (χ0n) is 11.5. The number of rotatable bonds is 3. The monoisotopic (exact) mass is 258 g/mol. The molecule has 0 aliphatic carbocycles. The van der Waals surface area contributed by atoms with Gasteiger partial charge in [-0.1, -0.05) is 24.6 Å². The Kier molecular flexibility index (Phi) is 3.69. The maximum absolute atomic E-state index is 12.3. The molecule has 1 aromatic heterocycles. The van der Waals surface area contributed by atoms with Gasteiger partial charge in [-0.2, -0.15) is 0 Å². The van der Waals surface area contributed by atoms with Crippen molar-refractivity contribution in [2.24, 2.45) is 7.05 Å². The highest BCUT2D eigenvalue weighted by Gasteiger charge is 2.12. The highest BCUT2D eigenvalue weighted by atomic mass is 16.2. The Hall–Kier alpha value is -2.10. The van der Waals surface area contributed by atoms with Crippen LogP contribution >= 0.6 is 0 Å². The van der Waals surface area contributed by atoms with Gasteiger partial charge in [0, 0.05) is 19.0 Å². The normalized spacial score (nSPS) is 10.7. The average Bonchev–Trinajstić information content (AvgIpc) is 2.40. The van der Waals surface area contributed by atoms with Gasteiger partial charge in [0.2, 0.25) is 0 Å². The Morgan fingerprint density at radius 1 is 1.32 bits per heavy atom. The molecule has 2 aromatic rings. The summed E-state index contributed by atoms with van der Waals surface area (Å²) in [5.41, 5.74) is 1.30. The van der Waals surface area contributed by atoms with Crippen LogP contribution in [0.5, 0.6) is 0 Å². The van der Waals surface area contributed by atoms with Gasteiger partial charge >= 0.3 is 0 Å². The maximum atomic E-state index is 12.3. The number of benzene rings is 1. The van der Waals surface area contributed by atoms with E-state index in [2.05, 4.69) is 5.32 Å². The van der Waals surface area contributed by atoms with Gasteiger partial charge in [-0.3, -0.25) is 9.59 Å². The zero-order chi connectivity index (χ0) is 14.0. The van der Waals surface area contributed by atoms with Gasteiger partial charge in [-0.05, 0) is 30.9 Å². The van der Waals surface area contributed by atoms with Crippen LogP contribution in [0.1, 0.15) is 29.4 Å². The lowest BCUT2D eigenvalue weighted by molar-refractivity contribution is 0.0944. The van der Waals surface area contributed by atoms with Crippen molar-refractivity contribution in [1.29, 1.82) is 0 Å². The van der Waals surface area contributed by atoms with Crippen LogP contribution < -0.4 is 10.9 Å². The topological polar surface area (TPSA) is 51.1 Å². The quantitative estimate of drug-likeness (QED) is 0.915. The molecule has 0 aliphatic rings. The second-order valence-corrected chi connectivity index (χ2v) is 4.74. The number of nitrogens with one attached hydrogen (secondary N) is 1. The second-order valence-electron chi connectivity index (χ2n) is 4.74.